The number of hydrogen-bond donors (Lipinski definition) is 3. The van der Waals surface area contributed by atoms with Gasteiger partial charge in [-0.15, -0.1) is 5.10 Å². The number of carbonyl (C=O) groups excluding carboxylic acids is 1. The summed E-state index contributed by atoms with van der Waals surface area (Å²) in [5.41, 5.74) is 3.21. The van der Waals surface area contributed by atoms with E-state index in [0.29, 0.717) is 6.92 Å². The maximum Gasteiger partial charge on any atom is 0.320 e. The number of fused-ring (bicyclic) bond motifs is 1. The number of urea groups is 1. The minimum atomic E-state index is -3.45. The van der Waals surface area contributed by atoms with Gasteiger partial charge in [0.25, 0.3) is 5.92 Å². The van der Waals surface area contributed by atoms with Crippen molar-refractivity contribution in [2.24, 2.45) is 5.92 Å². The third-order valence-electron chi connectivity index (χ3n) is 4.73. The molecule has 2 heterocycles. The van der Waals surface area contributed by atoms with Crippen LogP contribution in [0, 0.1) is 23.6 Å². The van der Waals surface area contributed by atoms with E-state index in [1.807, 2.05) is 0 Å². The molecule has 2 aromatic rings. The summed E-state index contributed by atoms with van der Waals surface area (Å²) in [6.45, 7) is 0.629. The highest BCUT2D eigenvalue weighted by atomic mass is 19.3. The number of aromatic nitrogens is 3. The van der Waals surface area contributed by atoms with Crippen molar-refractivity contribution in [3.05, 3.63) is 35.4 Å². The van der Waals surface area contributed by atoms with Gasteiger partial charge in [-0.3, -0.25) is 0 Å². The molecule has 1 aromatic heterocycles. The third kappa shape index (κ3) is 3.13. The van der Waals surface area contributed by atoms with Crippen LogP contribution in [0.15, 0.2) is 18.5 Å². The van der Waals surface area contributed by atoms with Crippen molar-refractivity contribution < 1.29 is 18.0 Å². The summed E-state index contributed by atoms with van der Waals surface area (Å²) < 4.78 is 45.4. The van der Waals surface area contributed by atoms with Gasteiger partial charge in [0.1, 0.15) is 12.1 Å². The molecule has 4 rings (SSSR count). The van der Waals surface area contributed by atoms with Crippen molar-refractivity contribution >= 4 is 17.7 Å². The fourth-order valence-electron chi connectivity index (χ4n) is 3.10. The number of benzene rings is 1. The number of nitrogens with one attached hydrogen (secondary N) is 2. The Labute approximate surface area is 158 Å². The molecule has 146 valence electrons. The number of alkyl halides is 2. The average Bonchev–Trinajstić information content (AvgIpc) is 3.34. The van der Waals surface area contributed by atoms with Crippen molar-refractivity contribution in [1.82, 2.24) is 20.1 Å². The quantitative estimate of drug-likeness (QED) is 0.701. The summed E-state index contributed by atoms with van der Waals surface area (Å²) in [5.74, 6) is 1.19. The fourth-order valence-corrected chi connectivity index (χ4v) is 3.10. The van der Waals surface area contributed by atoms with Gasteiger partial charge in [-0.25, -0.2) is 27.6 Å². The van der Waals surface area contributed by atoms with Gasteiger partial charge in [0.15, 0.2) is 5.54 Å². The summed E-state index contributed by atoms with van der Waals surface area (Å²) in [6, 6.07) is 1.46. The van der Waals surface area contributed by atoms with E-state index < -0.39 is 23.3 Å². The lowest BCUT2D eigenvalue weighted by atomic mass is 9.81. The van der Waals surface area contributed by atoms with Crippen LogP contribution in [0.4, 0.5) is 29.6 Å². The summed E-state index contributed by atoms with van der Waals surface area (Å²) in [4.78, 5) is 15.9. The molecule has 1 aliphatic carbocycles. The monoisotopic (exact) mass is 390 g/mol. The van der Waals surface area contributed by atoms with E-state index in [4.69, 9.17) is 5.73 Å². The Bertz CT molecular complexity index is 1010. The predicted molar refractivity (Wildman–Crippen MR) is 94.9 cm³/mol. The highest BCUT2D eigenvalue weighted by Crippen LogP contribution is 2.44. The highest BCUT2D eigenvalue weighted by molar-refractivity contribution is 5.95. The summed E-state index contributed by atoms with van der Waals surface area (Å²) in [5, 5.41) is 8.56. The first-order chi connectivity index (χ1) is 13.2. The smallest absolute Gasteiger partial charge is 0.320 e. The van der Waals surface area contributed by atoms with Crippen LogP contribution in [-0.2, 0) is 12.1 Å². The predicted octanol–water partition coefficient (Wildman–Crippen LogP) is 2.45. The molecule has 1 aromatic carbocycles. The second kappa shape index (κ2) is 6.15. The molecule has 0 radical (unpaired) electrons. The summed E-state index contributed by atoms with van der Waals surface area (Å²) >= 11 is 0. The van der Waals surface area contributed by atoms with Crippen LogP contribution in [0.2, 0.25) is 0 Å². The van der Waals surface area contributed by atoms with Gasteiger partial charge in [-0.1, -0.05) is 11.8 Å². The number of halogens is 3. The van der Waals surface area contributed by atoms with Crippen LogP contribution in [0.1, 0.15) is 30.9 Å². The molecule has 4 N–H and O–H groups in total. The molecule has 1 saturated carbocycles. The number of nitrogens with zero attached hydrogens (tertiary/aromatic N) is 3. The van der Waals surface area contributed by atoms with Gasteiger partial charge >= 0.3 is 6.03 Å². The van der Waals surface area contributed by atoms with Crippen molar-refractivity contribution in [3.8, 4) is 11.8 Å². The van der Waals surface area contributed by atoms with Gasteiger partial charge in [-0.2, -0.15) is 0 Å². The van der Waals surface area contributed by atoms with Crippen LogP contribution < -0.4 is 16.4 Å². The Kier molecular flexibility index (Phi) is 3.99. The van der Waals surface area contributed by atoms with E-state index in [0.717, 1.165) is 18.9 Å². The van der Waals surface area contributed by atoms with Gasteiger partial charge in [0.05, 0.1) is 6.54 Å². The molecule has 1 fully saturated rings. The molecule has 1 aliphatic heterocycles. The van der Waals surface area contributed by atoms with Gasteiger partial charge in [0.2, 0.25) is 5.95 Å². The molecule has 28 heavy (non-hydrogen) atoms. The second-order valence-electron chi connectivity index (χ2n) is 7.05. The number of amides is 2. The summed E-state index contributed by atoms with van der Waals surface area (Å²) in [7, 11) is 0. The number of nitrogen functional groups attached to an aromatic ring is 1. The first-order valence-corrected chi connectivity index (χ1v) is 8.65. The minimum Gasteiger partial charge on any atom is -0.367 e. The van der Waals surface area contributed by atoms with E-state index in [-0.39, 0.29) is 35.2 Å². The third-order valence-corrected chi connectivity index (χ3v) is 4.73. The first kappa shape index (κ1) is 18.2. The number of hydrogen-bond acceptors (Lipinski definition) is 4. The zero-order chi connectivity index (χ0) is 20.1. The molecule has 7 nitrogen and oxygen atoms in total. The molecule has 0 spiro atoms. The lowest BCUT2D eigenvalue weighted by Gasteiger charge is -2.40. The van der Waals surface area contributed by atoms with Gasteiger partial charge in [0, 0.05) is 29.7 Å². The Morgan fingerprint density at radius 1 is 1.43 bits per heavy atom. The van der Waals surface area contributed by atoms with E-state index in [1.165, 1.54) is 17.1 Å². The number of rotatable bonds is 3. The zero-order valence-electron chi connectivity index (χ0n) is 14.9. The van der Waals surface area contributed by atoms with Crippen molar-refractivity contribution in [1.29, 1.82) is 0 Å². The van der Waals surface area contributed by atoms with E-state index in [1.54, 1.807) is 0 Å². The van der Waals surface area contributed by atoms with Gasteiger partial charge < -0.3 is 16.4 Å². The number of anilines is 2. The number of nitrogens with two attached hydrogens (primary N) is 1. The molecule has 0 unspecified atom stereocenters. The van der Waals surface area contributed by atoms with E-state index in [2.05, 4.69) is 32.6 Å². The van der Waals surface area contributed by atoms with Crippen LogP contribution in [0.5, 0.6) is 0 Å². The van der Waals surface area contributed by atoms with Crippen LogP contribution >= 0.6 is 0 Å². The Morgan fingerprint density at radius 3 is 2.79 bits per heavy atom. The van der Waals surface area contributed by atoms with Crippen molar-refractivity contribution in [3.63, 3.8) is 0 Å². The molecule has 2 amide bonds. The SMILES string of the molecule is CC(F)(F)[C@@]1(C#CC2CC2)NC(=O)Nc2cc(Cn3cnc(N)n3)c(F)cc21. The van der Waals surface area contributed by atoms with Gasteiger partial charge in [-0.05, 0) is 25.0 Å². The maximum absolute atomic E-state index is 14.8. The zero-order valence-corrected chi connectivity index (χ0v) is 14.9. The van der Waals surface area contributed by atoms with Crippen LogP contribution in [-0.4, -0.2) is 26.7 Å². The van der Waals surface area contributed by atoms with E-state index in [9.17, 15) is 18.0 Å². The largest absolute Gasteiger partial charge is 0.367 e. The lowest BCUT2D eigenvalue weighted by molar-refractivity contribution is -0.0465. The second-order valence-corrected chi connectivity index (χ2v) is 7.05. The lowest BCUT2D eigenvalue weighted by Crippen LogP contribution is -2.59. The fraction of sp³-hybridized carbons (Fsp3) is 0.389. The van der Waals surface area contributed by atoms with Crippen LogP contribution in [0.25, 0.3) is 0 Å². The Hall–Kier alpha value is -3.22. The number of carbonyl (C=O) groups is 1. The highest BCUT2D eigenvalue weighted by Gasteiger charge is 2.55. The molecule has 0 bridgehead atoms. The molecule has 0 saturated heterocycles. The normalized spacial score (nSPS) is 21.2. The molecular weight excluding hydrogens is 373 g/mol. The maximum atomic E-state index is 14.8. The Balaban J connectivity index is 1.82. The first-order valence-electron chi connectivity index (χ1n) is 8.65. The van der Waals surface area contributed by atoms with E-state index >= 15 is 0 Å². The average molecular weight is 390 g/mol. The van der Waals surface area contributed by atoms with Crippen molar-refractivity contribution in [2.75, 3.05) is 11.1 Å². The van der Waals surface area contributed by atoms with Crippen LogP contribution in [0.3, 0.4) is 0 Å². The topological polar surface area (TPSA) is 97.9 Å². The Morgan fingerprint density at radius 2 is 2.18 bits per heavy atom. The molecular formula is C18H17F3N6O. The minimum absolute atomic E-state index is 0.0239. The standard InChI is InChI=1S/C18H17F3N6O/c1-17(20,21)18(5-4-10-2-3-10)12-7-13(19)11(6-14(12)24-16(28)25-18)8-27-9-23-15(22)26-27/h6-7,9-10H,2-3,8H2,1H3,(H2,22,26)(H2,24,25,28)/t18-/m0/s1. The summed E-state index contributed by atoms with van der Waals surface area (Å²) in [6.07, 6.45) is 2.97. The molecule has 1 atom stereocenters. The van der Waals surface area contributed by atoms with Crippen molar-refractivity contribution in [2.45, 2.75) is 37.8 Å². The molecule has 10 heteroatoms. The molecule has 2 aliphatic rings.